The Morgan fingerprint density at radius 1 is 1.47 bits per heavy atom. The van der Waals surface area contributed by atoms with E-state index in [1.165, 1.54) is 5.56 Å². The Kier molecular flexibility index (Phi) is 4.47. The van der Waals surface area contributed by atoms with Gasteiger partial charge in [-0.25, -0.2) is 0 Å². The van der Waals surface area contributed by atoms with E-state index in [1.807, 2.05) is 25.1 Å². The van der Waals surface area contributed by atoms with Crippen molar-refractivity contribution in [2.24, 2.45) is 0 Å². The molecule has 104 valence electrons. The molecule has 0 spiro atoms. The van der Waals surface area contributed by atoms with Crippen LogP contribution < -0.4 is 10.2 Å². The van der Waals surface area contributed by atoms with Crippen LogP contribution in [0.15, 0.2) is 22.7 Å². The first-order valence-corrected chi connectivity index (χ1v) is 7.23. The molecule has 2 rings (SSSR count). The van der Waals surface area contributed by atoms with Gasteiger partial charge in [0.05, 0.1) is 12.6 Å². The number of nitrogens with one attached hydrogen (secondary N) is 1. The molecule has 4 nitrogen and oxygen atoms in total. The van der Waals surface area contributed by atoms with Crippen LogP contribution in [0.5, 0.6) is 0 Å². The number of carbonyl (C=O) groups is 1. The lowest BCUT2D eigenvalue weighted by molar-refractivity contribution is -0.131. The van der Waals surface area contributed by atoms with Crippen LogP contribution in [-0.2, 0) is 4.79 Å². The Morgan fingerprint density at radius 3 is 2.84 bits per heavy atom. The van der Waals surface area contributed by atoms with E-state index in [2.05, 4.69) is 45.2 Å². The van der Waals surface area contributed by atoms with Gasteiger partial charge in [-0.1, -0.05) is 15.9 Å². The first-order chi connectivity index (χ1) is 9.02. The molecular formula is C14H20BrN3O. The molecule has 1 fully saturated rings. The Hall–Kier alpha value is -1.07. The Bertz CT molecular complexity index is 478. The van der Waals surface area contributed by atoms with E-state index in [-0.39, 0.29) is 11.9 Å². The molecule has 0 radical (unpaired) electrons. The molecule has 19 heavy (non-hydrogen) atoms. The molecule has 1 amide bonds. The zero-order chi connectivity index (χ0) is 14.0. The van der Waals surface area contributed by atoms with Crippen LogP contribution >= 0.6 is 15.9 Å². The number of likely N-dealkylation sites (N-methyl/N-ethyl adjacent to an activating group) is 2. The van der Waals surface area contributed by atoms with Crippen LogP contribution in [-0.4, -0.2) is 50.6 Å². The average Bonchev–Trinajstić information content (AvgIpc) is 2.35. The number of hydrogen-bond acceptors (Lipinski definition) is 3. The van der Waals surface area contributed by atoms with Gasteiger partial charge in [0.15, 0.2) is 0 Å². The van der Waals surface area contributed by atoms with Crippen molar-refractivity contribution in [1.82, 2.24) is 10.2 Å². The van der Waals surface area contributed by atoms with Crippen molar-refractivity contribution in [2.75, 3.05) is 38.6 Å². The van der Waals surface area contributed by atoms with Gasteiger partial charge in [0, 0.05) is 30.3 Å². The number of piperazine rings is 1. The fourth-order valence-electron chi connectivity index (χ4n) is 2.51. The van der Waals surface area contributed by atoms with Gasteiger partial charge in [0.2, 0.25) is 5.91 Å². The Morgan fingerprint density at radius 2 is 2.21 bits per heavy atom. The van der Waals surface area contributed by atoms with E-state index in [1.54, 1.807) is 0 Å². The van der Waals surface area contributed by atoms with Gasteiger partial charge in [0.25, 0.3) is 0 Å². The predicted octanol–water partition coefficient (Wildman–Crippen LogP) is 1.62. The molecule has 1 aromatic carbocycles. The number of amides is 1. The standard InChI is InChI=1S/C14H20BrN3O/c1-10-6-11(15)4-5-13(10)18-8-12(7-16-2)17(3)14(19)9-18/h4-6,12,16H,7-9H2,1-3H3. The molecule has 1 unspecified atom stereocenters. The minimum atomic E-state index is 0.175. The highest BCUT2D eigenvalue weighted by molar-refractivity contribution is 9.10. The highest BCUT2D eigenvalue weighted by Crippen LogP contribution is 2.26. The lowest BCUT2D eigenvalue weighted by atomic mass is 10.1. The molecule has 1 aliphatic rings. The Labute approximate surface area is 122 Å². The topological polar surface area (TPSA) is 35.6 Å². The number of benzene rings is 1. The number of rotatable bonds is 3. The van der Waals surface area contributed by atoms with E-state index in [4.69, 9.17) is 0 Å². The Balaban J connectivity index is 2.22. The van der Waals surface area contributed by atoms with Crippen molar-refractivity contribution >= 4 is 27.5 Å². The van der Waals surface area contributed by atoms with Gasteiger partial charge in [-0.15, -0.1) is 0 Å². The largest absolute Gasteiger partial charge is 0.360 e. The van der Waals surface area contributed by atoms with Gasteiger partial charge in [-0.05, 0) is 37.7 Å². The fraction of sp³-hybridized carbons (Fsp3) is 0.500. The fourth-order valence-corrected chi connectivity index (χ4v) is 2.99. The van der Waals surface area contributed by atoms with Crippen LogP contribution in [0.25, 0.3) is 0 Å². The normalized spacial score (nSPS) is 20.0. The summed E-state index contributed by atoms with van der Waals surface area (Å²) >= 11 is 3.47. The summed E-state index contributed by atoms with van der Waals surface area (Å²) in [4.78, 5) is 16.1. The molecule has 1 atom stereocenters. The first-order valence-electron chi connectivity index (χ1n) is 6.44. The zero-order valence-corrected chi connectivity index (χ0v) is 13.2. The molecule has 1 heterocycles. The molecule has 1 aliphatic heterocycles. The minimum Gasteiger partial charge on any atom is -0.360 e. The summed E-state index contributed by atoms with van der Waals surface area (Å²) in [5.74, 6) is 0.175. The minimum absolute atomic E-state index is 0.175. The highest BCUT2D eigenvalue weighted by Gasteiger charge is 2.29. The maximum absolute atomic E-state index is 12.1. The second kappa shape index (κ2) is 5.92. The van der Waals surface area contributed by atoms with E-state index in [9.17, 15) is 4.79 Å². The number of nitrogens with zero attached hydrogens (tertiary/aromatic N) is 2. The lowest BCUT2D eigenvalue weighted by Gasteiger charge is -2.40. The van der Waals surface area contributed by atoms with E-state index >= 15 is 0 Å². The first kappa shape index (κ1) is 14.3. The van der Waals surface area contributed by atoms with Gasteiger partial charge in [-0.3, -0.25) is 4.79 Å². The molecule has 1 N–H and O–H groups in total. The molecule has 0 aliphatic carbocycles. The van der Waals surface area contributed by atoms with E-state index in [0.29, 0.717) is 6.54 Å². The molecule has 1 aromatic rings. The van der Waals surface area contributed by atoms with Crippen molar-refractivity contribution in [3.05, 3.63) is 28.2 Å². The van der Waals surface area contributed by atoms with E-state index in [0.717, 1.165) is 23.2 Å². The zero-order valence-electron chi connectivity index (χ0n) is 11.6. The highest BCUT2D eigenvalue weighted by atomic mass is 79.9. The summed E-state index contributed by atoms with van der Waals surface area (Å²) in [5.41, 5.74) is 2.33. The van der Waals surface area contributed by atoms with Crippen LogP contribution in [0.4, 0.5) is 5.69 Å². The SMILES string of the molecule is CNCC1CN(c2ccc(Br)cc2C)CC(=O)N1C. The molecule has 0 aromatic heterocycles. The third-order valence-electron chi connectivity index (χ3n) is 3.64. The van der Waals surface area contributed by atoms with Crippen LogP contribution in [0, 0.1) is 6.92 Å². The summed E-state index contributed by atoms with van der Waals surface area (Å²) in [6, 6.07) is 6.41. The molecule has 1 saturated heterocycles. The predicted molar refractivity (Wildman–Crippen MR) is 81.6 cm³/mol. The summed E-state index contributed by atoms with van der Waals surface area (Å²) in [7, 11) is 3.80. The second-order valence-electron chi connectivity index (χ2n) is 5.03. The van der Waals surface area contributed by atoms with Crippen molar-refractivity contribution in [1.29, 1.82) is 0 Å². The van der Waals surface area contributed by atoms with Crippen molar-refractivity contribution in [2.45, 2.75) is 13.0 Å². The number of anilines is 1. The maximum atomic E-state index is 12.1. The average molecular weight is 326 g/mol. The monoisotopic (exact) mass is 325 g/mol. The summed E-state index contributed by atoms with van der Waals surface area (Å²) in [5, 5.41) is 3.16. The lowest BCUT2D eigenvalue weighted by Crippen LogP contribution is -2.57. The van der Waals surface area contributed by atoms with Gasteiger partial charge < -0.3 is 15.1 Å². The van der Waals surface area contributed by atoms with E-state index < -0.39 is 0 Å². The number of aryl methyl sites for hydroxylation is 1. The quantitative estimate of drug-likeness (QED) is 0.917. The molecule has 0 saturated carbocycles. The number of halogens is 1. The van der Waals surface area contributed by atoms with Crippen LogP contribution in [0.3, 0.4) is 0 Å². The summed E-state index contributed by atoms with van der Waals surface area (Å²) in [6.45, 7) is 4.22. The van der Waals surface area contributed by atoms with Gasteiger partial charge >= 0.3 is 0 Å². The van der Waals surface area contributed by atoms with Gasteiger partial charge in [0.1, 0.15) is 0 Å². The number of carbonyl (C=O) groups excluding carboxylic acids is 1. The van der Waals surface area contributed by atoms with Crippen molar-refractivity contribution in [3.8, 4) is 0 Å². The number of hydrogen-bond donors (Lipinski definition) is 1. The van der Waals surface area contributed by atoms with Crippen LogP contribution in [0.2, 0.25) is 0 Å². The molecule has 0 bridgehead atoms. The second-order valence-corrected chi connectivity index (χ2v) is 5.94. The van der Waals surface area contributed by atoms with Crippen molar-refractivity contribution in [3.63, 3.8) is 0 Å². The third-order valence-corrected chi connectivity index (χ3v) is 4.13. The third kappa shape index (κ3) is 3.09. The molecular weight excluding hydrogens is 306 g/mol. The molecule has 5 heteroatoms. The van der Waals surface area contributed by atoms with Gasteiger partial charge in [-0.2, -0.15) is 0 Å². The smallest absolute Gasteiger partial charge is 0.242 e. The van der Waals surface area contributed by atoms with Crippen LogP contribution in [0.1, 0.15) is 5.56 Å². The summed E-state index contributed by atoms with van der Waals surface area (Å²) in [6.07, 6.45) is 0. The maximum Gasteiger partial charge on any atom is 0.242 e. The van der Waals surface area contributed by atoms with Crippen molar-refractivity contribution < 1.29 is 4.79 Å². The summed E-state index contributed by atoms with van der Waals surface area (Å²) < 4.78 is 1.07.